The van der Waals surface area contributed by atoms with Crippen LogP contribution in [0.5, 0.6) is 0 Å². The van der Waals surface area contributed by atoms with E-state index < -0.39 is 11.8 Å². The van der Waals surface area contributed by atoms with E-state index in [0.29, 0.717) is 11.8 Å². The predicted molar refractivity (Wildman–Crippen MR) is 145 cm³/mol. The number of fused-ring (bicyclic) bond motifs is 2. The topological polar surface area (TPSA) is 79.6 Å². The molecule has 3 aliphatic heterocycles. The molecule has 3 heterocycles. The Morgan fingerprint density at radius 3 is 2.61 bits per heavy atom. The monoisotopic (exact) mass is 500 g/mol. The number of aliphatic hydroxyl groups excluding tert-OH is 1. The molecule has 0 radical (unpaired) electrons. The zero-order chi connectivity index (χ0) is 26.5. The zero-order valence-electron chi connectivity index (χ0n) is 23.5. The van der Waals surface area contributed by atoms with E-state index in [1.54, 1.807) is 18.7 Å². The Labute approximate surface area is 217 Å². The zero-order valence-corrected chi connectivity index (χ0v) is 23.5. The number of carbonyl (C=O) groups excluding carboxylic acids is 1. The summed E-state index contributed by atoms with van der Waals surface area (Å²) < 4.78 is 0. The molecule has 5 unspecified atom stereocenters. The van der Waals surface area contributed by atoms with Crippen molar-refractivity contribution in [2.45, 2.75) is 104 Å². The lowest BCUT2D eigenvalue weighted by Crippen LogP contribution is -2.62. The summed E-state index contributed by atoms with van der Waals surface area (Å²) >= 11 is 0. The fourth-order valence-electron chi connectivity index (χ4n) is 6.38. The molecule has 202 valence electrons. The summed E-state index contributed by atoms with van der Waals surface area (Å²) in [5.41, 5.74) is 0.913. The van der Waals surface area contributed by atoms with Crippen molar-refractivity contribution in [3.63, 3.8) is 0 Å². The van der Waals surface area contributed by atoms with Crippen LogP contribution in [0.4, 0.5) is 4.79 Å². The number of amides is 2. The SMILES string of the molecule is CC(O)C(C)(O)N1CCCC(C2C=C(C3=CCC4(C)CC(=N3)N(C)C(=O)N4CC(C)(C)C)CCC2)C1. The minimum Gasteiger partial charge on any atom is -0.389 e. The van der Waals surface area contributed by atoms with E-state index in [2.05, 4.69) is 49.6 Å². The molecule has 4 aliphatic rings. The third-order valence-electron chi connectivity index (χ3n) is 8.94. The van der Waals surface area contributed by atoms with Gasteiger partial charge in [-0.2, -0.15) is 0 Å². The van der Waals surface area contributed by atoms with Crippen LogP contribution < -0.4 is 0 Å². The lowest BCUT2D eigenvalue weighted by Gasteiger charge is -2.49. The van der Waals surface area contributed by atoms with E-state index in [4.69, 9.17) is 4.99 Å². The maximum Gasteiger partial charge on any atom is 0.325 e. The molecule has 2 bridgehead atoms. The van der Waals surface area contributed by atoms with Gasteiger partial charge in [0, 0.05) is 33.1 Å². The van der Waals surface area contributed by atoms with Crippen LogP contribution in [0.1, 0.15) is 86.5 Å². The Hall–Kier alpha value is -1.70. The van der Waals surface area contributed by atoms with Crippen molar-refractivity contribution in [1.29, 1.82) is 0 Å². The van der Waals surface area contributed by atoms with Gasteiger partial charge >= 0.3 is 6.03 Å². The number of urea groups is 1. The molecule has 7 nitrogen and oxygen atoms in total. The molecule has 2 amide bonds. The largest absolute Gasteiger partial charge is 0.389 e. The molecule has 0 aromatic heterocycles. The van der Waals surface area contributed by atoms with Crippen LogP contribution in [-0.2, 0) is 0 Å². The van der Waals surface area contributed by atoms with Gasteiger partial charge in [-0.3, -0.25) is 9.80 Å². The van der Waals surface area contributed by atoms with Crippen LogP contribution in [0.15, 0.2) is 28.4 Å². The number of carbonyl (C=O) groups is 1. The first-order valence-electron chi connectivity index (χ1n) is 13.9. The van der Waals surface area contributed by atoms with E-state index in [9.17, 15) is 15.0 Å². The number of piperidine rings is 1. The van der Waals surface area contributed by atoms with Gasteiger partial charge in [0.05, 0.1) is 17.3 Å². The Balaban J connectivity index is 1.57. The predicted octanol–water partition coefficient (Wildman–Crippen LogP) is 4.76. The highest BCUT2D eigenvalue weighted by Gasteiger charge is 2.46. The highest BCUT2D eigenvalue weighted by Crippen LogP contribution is 2.41. The Bertz CT molecular complexity index is 945. The molecule has 2 saturated heterocycles. The molecule has 0 saturated carbocycles. The van der Waals surface area contributed by atoms with Crippen LogP contribution >= 0.6 is 0 Å². The minimum atomic E-state index is -1.20. The van der Waals surface area contributed by atoms with Gasteiger partial charge in [0.1, 0.15) is 11.6 Å². The normalized spacial score (nSPS) is 32.8. The molecule has 4 rings (SSSR count). The van der Waals surface area contributed by atoms with Gasteiger partial charge in [0.15, 0.2) is 0 Å². The number of likely N-dealkylation sites (tertiary alicyclic amines) is 1. The van der Waals surface area contributed by atoms with Crippen molar-refractivity contribution >= 4 is 11.9 Å². The smallest absolute Gasteiger partial charge is 0.325 e. The molecular formula is C29H48N4O3. The van der Waals surface area contributed by atoms with Gasteiger partial charge in [-0.05, 0) is 82.1 Å². The van der Waals surface area contributed by atoms with Crippen LogP contribution in [0.3, 0.4) is 0 Å². The number of aliphatic hydroxyl groups is 2. The fraction of sp³-hybridized carbons (Fsp3) is 0.793. The Morgan fingerprint density at radius 1 is 1.22 bits per heavy atom. The van der Waals surface area contributed by atoms with Crippen molar-refractivity contribution in [2.24, 2.45) is 22.2 Å². The average Bonchev–Trinajstić information content (AvgIpc) is 2.99. The third-order valence-corrected chi connectivity index (χ3v) is 8.94. The van der Waals surface area contributed by atoms with E-state index >= 15 is 0 Å². The van der Waals surface area contributed by atoms with E-state index in [1.165, 1.54) is 5.57 Å². The summed E-state index contributed by atoms with van der Waals surface area (Å²) in [4.78, 5) is 24.3. The van der Waals surface area contributed by atoms with Gasteiger partial charge in [-0.1, -0.05) is 32.9 Å². The van der Waals surface area contributed by atoms with Crippen molar-refractivity contribution < 1.29 is 15.0 Å². The number of hydrogen-bond donors (Lipinski definition) is 2. The first kappa shape index (κ1) is 27.3. The molecule has 0 spiro atoms. The van der Waals surface area contributed by atoms with Crippen LogP contribution in [0.25, 0.3) is 0 Å². The lowest BCUT2D eigenvalue weighted by atomic mass is 9.77. The second kappa shape index (κ2) is 9.88. The molecule has 1 aliphatic carbocycles. The quantitative estimate of drug-likeness (QED) is 0.570. The number of rotatable bonds is 5. The maximum absolute atomic E-state index is 13.4. The average molecular weight is 501 g/mol. The van der Waals surface area contributed by atoms with Gasteiger partial charge in [-0.15, -0.1) is 0 Å². The molecule has 7 heteroatoms. The molecule has 36 heavy (non-hydrogen) atoms. The summed E-state index contributed by atoms with van der Waals surface area (Å²) in [5, 5.41) is 21.0. The number of nitrogens with zero attached hydrogens (tertiary/aromatic N) is 4. The standard InChI is InChI=1S/C29H48N4O3/c1-20(34)29(6,36)32-15-9-12-23(18-32)21-10-8-11-22(16-21)24-13-14-28(5)17-25(30-24)31(7)26(35)33(28)19-27(2,3)4/h13,16,20-21,23,34,36H,8-12,14-15,17-19H2,1-7H3. The number of amidine groups is 1. The van der Waals surface area contributed by atoms with Crippen LogP contribution in [0.2, 0.25) is 0 Å². The number of allylic oxidation sites excluding steroid dienone is 2. The summed E-state index contributed by atoms with van der Waals surface area (Å²) in [6.45, 7) is 14.5. The van der Waals surface area contributed by atoms with Crippen molar-refractivity contribution in [2.75, 3.05) is 26.7 Å². The molecule has 2 N–H and O–H groups in total. The molecule has 2 fully saturated rings. The number of hydrogen-bond acceptors (Lipinski definition) is 5. The second-order valence-electron chi connectivity index (χ2n) is 13.4. The first-order chi connectivity index (χ1) is 16.7. The van der Waals surface area contributed by atoms with Crippen molar-refractivity contribution in [3.05, 3.63) is 23.4 Å². The van der Waals surface area contributed by atoms with Gasteiger partial charge in [-0.25, -0.2) is 9.79 Å². The van der Waals surface area contributed by atoms with Gasteiger partial charge < -0.3 is 15.1 Å². The molecule has 0 aromatic carbocycles. The van der Waals surface area contributed by atoms with Gasteiger partial charge in [0.2, 0.25) is 0 Å². The third kappa shape index (κ3) is 5.44. The van der Waals surface area contributed by atoms with Crippen molar-refractivity contribution in [1.82, 2.24) is 14.7 Å². The first-order valence-corrected chi connectivity index (χ1v) is 13.9. The maximum atomic E-state index is 13.4. The van der Waals surface area contributed by atoms with Crippen LogP contribution in [-0.4, -0.2) is 80.8 Å². The van der Waals surface area contributed by atoms with E-state index in [-0.39, 0.29) is 17.0 Å². The second-order valence-corrected chi connectivity index (χ2v) is 13.4. The Kier molecular flexibility index (Phi) is 7.50. The lowest BCUT2D eigenvalue weighted by molar-refractivity contribution is -0.173. The van der Waals surface area contributed by atoms with E-state index in [0.717, 1.165) is 76.1 Å². The highest BCUT2D eigenvalue weighted by molar-refractivity contribution is 6.01. The summed E-state index contributed by atoms with van der Waals surface area (Å²) in [7, 11) is 1.86. The molecular weight excluding hydrogens is 452 g/mol. The molecule has 0 aromatic rings. The number of aliphatic imine (C=N–C) groups is 1. The minimum absolute atomic E-state index is 0.0263. The molecule has 5 atom stereocenters. The van der Waals surface area contributed by atoms with Crippen LogP contribution in [0, 0.1) is 17.3 Å². The summed E-state index contributed by atoms with van der Waals surface area (Å²) in [6.07, 6.45) is 11.0. The summed E-state index contributed by atoms with van der Waals surface area (Å²) in [6, 6.07) is 0.0510. The Morgan fingerprint density at radius 2 is 1.94 bits per heavy atom. The van der Waals surface area contributed by atoms with Crippen molar-refractivity contribution in [3.8, 4) is 0 Å². The van der Waals surface area contributed by atoms with Gasteiger partial charge in [0.25, 0.3) is 0 Å². The fourth-order valence-corrected chi connectivity index (χ4v) is 6.38. The summed E-state index contributed by atoms with van der Waals surface area (Å²) in [5.74, 6) is 1.77. The highest BCUT2D eigenvalue weighted by atomic mass is 16.4. The van der Waals surface area contributed by atoms with E-state index in [1.807, 2.05) is 7.05 Å².